The first-order chi connectivity index (χ1) is 13.0. The molecule has 1 aliphatic heterocycles. The van der Waals surface area contributed by atoms with Crippen LogP contribution in [0.15, 0.2) is 42.5 Å². The van der Waals surface area contributed by atoms with Gasteiger partial charge in [0, 0.05) is 31.1 Å². The Bertz CT molecular complexity index is 893. The maximum atomic E-state index is 13.5. The predicted octanol–water partition coefficient (Wildman–Crippen LogP) is 2.63. The number of halogens is 1. The van der Waals surface area contributed by atoms with Gasteiger partial charge in [0.15, 0.2) is 0 Å². The van der Waals surface area contributed by atoms with Crippen LogP contribution in [-0.2, 0) is 11.2 Å². The molecule has 6 heteroatoms. The number of hydrogen-bond donors (Lipinski definition) is 2. The summed E-state index contributed by atoms with van der Waals surface area (Å²) >= 11 is 0. The van der Waals surface area contributed by atoms with Crippen molar-refractivity contribution in [1.82, 2.24) is 10.6 Å². The Morgan fingerprint density at radius 3 is 2.78 bits per heavy atom. The van der Waals surface area contributed by atoms with Crippen molar-refractivity contribution in [3.63, 3.8) is 0 Å². The molecule has 0 saturated carbocycles. The number of carbonyl (C=O) groups excluding carboxylic acids is 2. The summed E-state index contributed by atoms with van der Waals surface area (Å²) in [6.07, 6.45) is 4.07. The van der Waals surface area contributed by atoms with Crippen LogP contribution < -0.4 is 15.4 Å². The Labute approximate surface area is 157 Å². The van der Waals surface area contributed by atoms with Crippen LogP contribution in [0, 0.1) is 12.7 Å². The monoisotopic (exact) mass is 368 g/mol. The van der Waals surface area contributed by atoms with Gasteiger partial charge in [0.05, 0.1) is 6.61 Å². The zero-order valence-corrected chi connectivity index (χ0v) is 15.0. The van der Waals surface area contributed by atoms with Crippen molar-refractivity contribution in [1.29, 1.82) is 0 Å². The summed E-state index contributed by atoms with van der Waals surface area (Å²) in [5.41, 5.74) is 2.82. The average Bonchev–Trinajstić information content (AvgIpc) is 3.13. The molecule has 0 spiro atoms. The molecule has 2 amide bonds. The molecule has 2 N–H and O–H groups in total. The van der Waals surface area contributed by atoms with Crippen LogP contribution in [0.2, 0.25) is 0 Å². The van der Waals surface area contributed by atoms with E-state index in [1.54, 1.807) is 25.1 Å². The van der Waals surface area contributed by atoms with Crippen molar-refractivity contribution >= 4 is 17.9 Å². The van der Waals surface area contributed by atoms with E-state index in [4.69, 9.17) is 4.74 Å². The lowest BCUT2D eigenvalue weighted by atomic mass is 10.1. The summed E-state index contributed by atoms with van der Waals surface area (Å²) in [6.45, 7) is 2.87. The number of aryl methyl sites for hydroxylation is 1. The summed E-state index contributed by atoms with van der Waals surface area (Å²) in [5, 5.41) is 5.34. The van der Waals surface area contributed by atoms with Crippen LogP contribution >= 0.6 is 0 Å². The van der Waals surface area contributed by atoms with Crippen LogP contribution in [0.25, 0.3) is 6.08 Å². The third-order valence-electron chi connectivity index (χ3n) is 4.28. The van der Waals surface area contributed by atoms with Crippen molar-refractivity contribution in [2.45, 2.75) is 13.3 Å². The molecule has 2 aromatic carbocycles. The molecule has 0 fully saturated rings. The summed E-state index contributed by atoms with van der Waals surface area (Å²) < 4.78 is 18.9. The Kier molecular flexibility index (Phi) is 5.86. The fourth-order valence-electron chi connectivity index (χ4n) is 2.74. The summed E-state index contributed by atoms with van der Waals surface area (Å²) in [5.74, 6) is -0.138. The predicted molar refractivity (Wildman–Crippen MR) is 101 cm³/mol. The summed E-state index contributed by atoms with van der Waals surface area (Å²) in [4.78, 5) is 23.8. The maximum Gasteiger partial charge on any atom is 0.251 e. The van der Waals surface area contributed by atoms with Gasteiger partial charge in [0.2, 0.25) is 5.91 Å². The number of carbonyl (C=O) groups is 2. The second-order valence-electron chi connectivity index (χ2n) is 6.31. The Balaban J connectivity index is 1.41. The van der Waals surface area contributed by atoms with Gasteiger partial charge < -0.3 is 15.4 Å². The lowest BCUT2D eigenvalue weighted by molar-refractivity contribution is -0.116. The molecule has 5 nitrogen and oxygen atoms in total. The van der Waals surface area contributed by atoms with Gasteiger partial charge in [0.25, 0.3) is 5.91 Å². The van der Waals surface area contributed by atoms with Crippen molar-refractivity contribution in [3.8, 4) is 5.75 Å². The molecule has 0 radical (unpaired) electrons. The SMILES string of the molecule is Cc1ccc(C(=O)NCCNC(=O)/C=C/c2ccc3c(c2)CCO3)cc1F. The Hall–Kier alpha value is -3.15. The fraction of sp³-hybridized carbons (Fsp3) is 0.238. The fourth-order valence-corrected chi connectivity index (χ4v) is 2.74. The average molecular weight is 368 g/mol. The van der Waals surface area contributed by atoms with Crippen molar-refractivity contribution in [3.05, 3.63) is 70.5 Å². The third kappa shape index (κ3) is 4.94. The van der Waals surface area contributed by atoms with E-state index < -0.39 is 5.82 Å². The van der Waals surface area contributed by atoms with Crippen molar-refractivity contribution in [2.24, 2.45) is 0 Å². The van der Waals surface area contributed by atoms with Gasteiger partial charge in [-0.2, -0.15) is 0 Å². The molecule has 0 aliphatic carbocycles. The molecule has 1 aliphatic rings. The van der Waals surface area contributed by atoms with Crippen LogP contribution in [0.3, 0.4) is 0 Å². The normalized spacial score (nSPS) is 12.5. The molecular weight excluding hydrogens is 347 g/mol. The van der Waals surface area contributed by atoms with E-state index in [2.05, 4.69) is 10.6 Å². The largest absolute Gasteiger partial charge is 0.493 e. The quantitative estimate of drug-likeness (QED) is 0.608. The highest BCUT2D eigenvalue weighted by Crippen LogP contribution is 2.26. The second kappa shape index (κ2) is 8.49. The Morgan fingerprint density at radius 1 is 1.15 bits per heavy atom. The molecule has 140 valence electrons. The van der Waals surface area contributed by atoms with Gasteiger partial charge in [-0.15, -0.1) is 0 Å². The summed E-state index contributed by atoms with van der Waals surface area (Å²) in [6, 6.07) is 10.1. The van der Waals surface area contributed by atoms with Gasteiger partial charge in [-0.25, -0.2) is 4.39 Å². The molecule has 0 saturated heterocycles. The minimum atomic E-state index is -0.417. The Morgan fingerprint density at radius 2 is 1.96 bits per heavy atom. The first kappa shape index (κ1) is 18.6. The number of hydrogen-bond acceptors (Lipinski definition) is 3. The highest BCUT2D eigenvalue weighted by atomic mass is 19.1. The number of rotatable bonds is 6. The lowest BCUT2D eigenvalue weighted by Gasteiger charge is -2.06. The van der Waals surface area contributed by atoms with Gasteiger partial charge in [-0.1, -0.05) is 12.1 Å². The number of fused-ring (bicyclic) bond motifs is 1. The highest BCUT2D eigenvalue weighted by molar-refractivity contribution is 5.94. The molecule has 0 bridgehead atoms. The van der Waals surface area contributed by atoms with Crippen LogP contribution in [-0.4, -0.2) is 31.5 Å². The van der Waals surface area contributed by atoms with Gasteiger partial charge in [0.1, 0.15) is 11.6 Å². The van der Waals surface area contributed by atoms with E-state index in [1.165, 1.54) is 12.1 Å². The number of amides is 2. The van der Waals surface area contributed by atoms with E-state index in [0.717, 1.165) is 23.3 Å². The smallest absolute Gasteiger partial charge is 0.251 e. The zero-order valence-electron chi connectivity index (χ0n) is 15.0. The topological polar surface area (TPSA) is 67.4 Å². The van der Waals surface area contributed by atoms with Gasteiger partial charge in [-0.3, -0.25) is 9.59 Å². The van der Waals surface area contributed by atoms with Crippen molar-refractivity contribution < 1.29 is 18.7 Å². The van der Waals surface area contributed by atoms with Crippen molar-refractivity contribution in [2.75, 3.05) is 19.7 Å². The highest BCUT2D eigenvalue weighted by Gasteiger charge is 2.11. The van der Waals surface area contributed by atoms with Gasteiger partial charge in [-0.05, 0) is 54.0 Å². The molecular formula is C21H21FN2O3. The molecule has 2 aromatic rings. The van der Waals surface area contributed by atoms with Gasteiger partial charge >= 0.3 is 0 Å². The van der Waals surface area contributed by atoms with E-state index in [9.17, 15) is 14.0 Å². The third-order valence-corrected chi connectivity index (χ3v) is 4.28. The number of ether oxygens (including phenoxy) is 1. The second-order valence-corrected chi connectivity index (χ2v) is 6.31. The summed E-state index contributed by atoms with van der Waals surface area (Å²) in [7, 11) is 0. The first-order valence-electron chi connectivity index (χ1n) is 8.79. The van der Waals surface area contributed by atoms with E-state index >= 15 is 0 Å². The lowest BCUT2D eigenvalue weighted by Crippen LogP contribution is -2.34. The standard InChI is InChI=1S/C21H21FN2O3/c1-14-2-5-17(13-18(14)22)21(26)24-10-9-23-20(25)7-4-15-3-6-19-16(12-15)8-11-27-19/h2-7,12-13H,8-11H2,1H3,(H,23,25)(H,24,26)/b7-4+. The molecule has 1 heterocycles. The van der Waals surface area contributed by atoms with Crippen LogP contribution in [0.5, 0.6) is 5.75 Å². The number of benzene rings is 2. The van der Waals surface area contributed by atoms with E-state index in [-0.39, 0.29) is 30.5 Å². The van der Waals surface area contributed by atoms with Crippen LogP contribution in [0.4, 0.5) is 4.39 Å². The molecule has 3 rings (SSSR count). The molecule has 0 atom stereocenters. The minimum Gasteiger partial charge on any atom is -0.493 e. The zero-order chi connectivity index (χ0) is 19.2. The van der Waals surface area contributed by atoms with E-state index in [0.29, 0.717) is 12.2 Å². The van der Waals surface area contributed by atoms with Crippen LogP contribution in [0.1, 0.15) is 27.0 Å². The number of nitrogens with one attached hydrogen (secondary N) is 2. The molecule has 27 heavy (non-hydrogen) atoms. The first-order valence-corrected chi connectivity index (χ1v) is 8.79. The molecule has 0 unspecified atom stereocenters. The molecule has 0 aromatic heterocycles. The maximum absolute atomic E-state index is 13.5. The van der Waals surface area contributed by atoms with E-state index in [1.807, 2.05) is 18.2 Å². The minimum absolute atomic E-state index is 0.248.